The second-order valence-electron chi connectivity index (χ2n) is 9.10. The van der Waals surface area contributed by atoms with Crippen molar-refractivity contribution in [3.63, 3.8) is 0 Å². The zero-order valence-corrected chi connectivity index (χ0v) is 15.4. The molecule has 0 amide bonds. The number of hydrogen-bond donors (Lipinski definition) is 1. The van der Waals surface area contributed by atoms with Gasteiger partial charge in [-0.05, 0) is 55.3 Å². The Labute approximate surface area is 149 Å². The van der Waals surface area contributed by atoms with E-state index in [1.54, 1.807) is 0 Å². The topological polar surface area (TPSA) is 46.5 Å². The third kappa shape index (κ3) is 2.43. The summed E-state index contributed by atoms with van der Waals surface area (Å²) >= 11 is 0. The number of carbonyl (C=O) groups is 1. The lowest BCUT2D eigenvalue weighted by atomic mass is 9.50. The van der Waals surface area contributed by atoms with Gasteiger partial charge in [0.25, 0.3) is 0 Å². The minimum atomic E-state index is -1.08. The Morgan fingerprint density at radius 2 is 2.08 bits per heavy atom. The molecule has 0 bridgehead atoms. The molecule has 0 spiro atoms. The normalized spacial score (nSPS) is 51.2. The number of allylic oxidation sites excluding steroid dienone is 3. The highest BCUT2D eigenvalue weighted by Gasteiger charge is 2.61. The van der Waals surface area contributed by atoms with Gasteiger partial charge in [0.15, 0.2) is 0 Å². The quantitative estimate of drug-likeness (QED) is 0.576. The van der Waals surface area contributed by atoms with E-state index in [2.05, 4.69) is 26.0 Å². The van der Waals surface area contributed by atoms with E-state index in [0.717, 1.165) is 25.7 Å². The minimum absolute atomic E-state index is 0.0516. The smallest absolute Gasteiger partial charge is 0.303 e. The van der Waals surface area contributed by atoms with Crippen LogP contribution in [0.4, 0.5) is 4.39 Å². The number of esters is 1. The van der Waals surface area contributed by atoms with Crippen LogP contribution >= 0.6 is 0 Å². The maximum absolute atomic E-state index is 14.8. The number of carbonyl (C=O) groups excluding carboxylic acids is 1. The molecule has 2 fully saturated rings. The van der Waals surface area contributed by atoms with E-state index >= 15 is 0 Å². The third-order valence-corrected chi connectivity index (χ3v) is 7.78. The van der Waals surface area contributed by atoms with Gasteiger partial charge in [0.1, 0.15) is 12.3 Å². The number of halogens is 1. The van der Waals surface area contributed by atoms with Crippen molar-refractivity contribution < 1.29 is 19.0 Å². The van der Waals surface area contributed by atoms with E-state index < -0.39 is 12.3 Å². The molecule has 25 heavy (non-hydrogen) atoms. The second-order valence-corrected chi connectivity index (χ2v) is 9.10. The molecule has 4 rings (SSSR count). The first kappa shape index (κ1) is 17.3. The Morgan fingerprint density at radius 3 is 2.80 bits per heavy atom. The molecule has 4 heteroatoms. The van der Waals surface area contributed by atoms with Crippen LogP contribution in [0.25, 0.3) is 0 Å². The number of rotatable bonds is 1. The van der Waals surface area contributed by atoms with E-state index in [1.165, 1.54) is 12.5 Å². The van der Waals surface area contributed by atoms with Crippen LogP contribution in [0.15, 0.2) is 23.8 Å². The molecule has 0 unspecified atom stereocenters. The van der Waals surface area contributed by atoms with Crippen LogP contribution in [0.1, 0.15) is 52.9 Å². The average molecular weight is 348 g/mol. The molecule has 3 nitrogen and oxygen atoms in total. The fraction of sp³-hybridized carbons (Fsp3) is 0.762. The standard InChI is InChI=1S/C21H29FO3/c1-12(23)25-19-18(22)11-17-15-5-4-13-10-14(24)6-8-20(13,2)16(15)7-9-21(17,19)3/h5-6,8,13-14,16-19,24H,4,7,9-11H2,1-3H3/t13-,14+,16+,17+,18-,19+,20+,21+/m1/s1. The molecule has 2 saturated carbocycles. The van der Waals surface area contributed by atoms with Crippen molar-refractivity contribution in [2.24, 2.45) is 28.6 Å². The summed E-state index contributed by atoms with van der Waals surface area (Å²) in [6.45, 7) is 5.79. The molecule has 0 aromatic rings. The molecule has 4 aliphatic rings. The minimum Gasteiger partial charge on any atom is -0.459 e. The van der Waals surface area contributed by atoms with Gasteiger partial charge in [-0.2, -0.15) is 0 Å². The first-order chi connectivity index (χ1) is 11.8. The van der Waals surface area contributed by atoms with Crippen molar-refractivity contribution in [3.8, 4) is 0 Å². The summed E-state index contributed by atoms with van der Waals surface area (Å²) in [5.41, 5.74) is 1.13. The Bertz CT molecular complexity index is 641. The van der Waals surface area contributed by atoms with Gasteiger partial charge in [0.2, 0.25) is 0 Å². The van der Waals surface area contributed by atoms with Gasteiger partial charge in [-0.25, -0.2) is 4.39 Å². The van der Waals surface area contributed by atoms with Crippen LogP contribution in [0.2, 0.25) is 0 Å². The number of aliphatic hydroxyl groups is 1. The molecule has 0 radical (unpaired) electrons. The Hall–Kier alpha value is -1.16. The maximum atomic E-state index is 14.8. The summed E-state index contributed by atoms with van der Waals surface area (Å²) in [4.78, 5) is 11.5. The first-order valence-corrected chi connectivity index (χ1v) is 9.64. The molecule has 4 aliphatic carbocycles. The van der Waals surface area contributed by atoms with E-state index in [0.29, 0.717) is 18.3 Å². The van der Waals surface area contributed by atoms with E-state index in [1.807, 2.05) is 6.08 Å². The van der Waals surface area contributed by atoms with Crippen molar-refractivity contribution in [3.05, 3.63) is 23.8 Å². The molecule has 1 N–H and O–H groups in total. The summed E-state index contributed by atoms with van der Waals surface area (Å²) < 4.78 is 20.2. The Balaban J connectivity index is 1.68. The molecule has 138 valence electrons. The lowest BCUT2D eigenvalue weighted by molar-refractivity contribution is -0.157. The van der Waals surface area contributed by atoms with E-state index in [-0.39, 0.29) is 28.8 Å². The van der Waals surface area contributed by atoms with Gasteiger partial charge in [0.05, 0.1) is 6.10 Å². The summed E-state index contributed by atoms with van der Waals surface area (Å²) in [5, 5.41) is 10.00. The van der Waals surface area contributed by atoms with Gasteiger partial charge in [0, 0.05) is 12.3 Å². The van der Waals surface area contributed by atoms with E-state index in [4.69, 9.17) is 4.74 Å². The van der Waals surface area contributed by atoms with Crippen molar-refractivity contribution in [1.29, 1.82) is 0 Å². The summed E-state index contributed by atoms with van der Waals surface area (Å²) in [6.07, 6.45) is 8.57. The summed E-state index contributed by atoms with van der Waals surface area (Å²) in [6, 6.07) is 0. The largest absolute Gasteiger partial charge is 0.459 e. The number of aliphatic hydroxyl groups excluding tert-OH is 1. The fourth-order valence-corrected chi connectivity index (χ4v) is 6.38. The van der Waals surface area contributed by atoms with Crippen molar-refractivity contribution in [2.75, 3.05) is 0 Å². The van der Waals surface area contributed by atoms with Gasteiger partial charge < -0.3 is 9.84 Å². The number of alkyl halides is 1. The molecule has 0 aromatic carbocycles. The summed E-state index contributed by atoms with van der Waals surface area (Å²) in [5.74, 6) is 0.642. The molecular formula is C21H29FO3. The zero-order chi connectivity index (χ0) is 18.0. The van der Waals surface area contributed by atoms with Gasteiger partial charge in [-0.15, -0.1) is 0 Å². The van der Waals surface area contributed by atoms with Crippen LogP contribution < -0.4 is 0 Å². The zero-order valence-electron chi connectivity index (χ0n) is 15.4. The van der Waals surface area contributed by atoms with Crippen molar-refractivity contribution >= 4 is 5.97 Å². The average Bonchev–Trinajstić information content (AvgIpc) is 2.79. The second kappa shape index (κ2) is 5.67. The molecule has 0 aromatic heterocycles. The lowest BCUT2D eigenvalue weighted by Gasteiger charge is -2.55. The highest BCUT2D eigenvalue weighted by Crippen LogP contribution is 2.64. The molecule has 8 atom stereocenters. The Morgan fingerprint density at radius 1 is 1.32 bits per heavy atom. The highest BCUT2D eigenvalue weighted by atomic mass is 19.1. The van der Waals surface area contributed by atoms with Crippen LogP contribution in [-0.2, 0) is 9.53 Å². The monoisotopic (exact) mass is 348 g/mol. The predicted molar refractivity (Wildman–Crippen MR) is 93.4 cm³/mol. The first-order valence-electron chi connectivity index (χ1n) is 9.64. The SMILES string of the molecule is CC(=O)O[C@H]1[C@H](F)C[C@H]2C3=CC[C@@H]4C[C@@H](O)C=C[C@]4(C)[C@H]3CC[C@@]21C. The molecule has 0 saturated heterocycles. The molecular weight excluding hydrogens is 319 g/mol. The van der Waals surface area contributed by atoms with Gasteiger partial charge in [-0.3, -0.25) is 4.79 Å². The third-order valence-electron chi connectivity index (χ3n) is 7.78. The molecule has 0 heterocycles. The van der Waals surface area contributed by atoms with Gasteiger partial charge >= 0.3 is 5.97 Å². The van der Waals surface area contributed by atoms with E-state index in [9.17, 15) is 14.3 Å². The number of hydrogen-bond acceptors (Lipinski definition) is 3. The number of ether oxygens (including phenoxy) is 1. The predicted octanol–water partition coefficient (Wildman–Crippen LogP) is 3.97. The fourth-order valence-electron chi connectivity index (χ4n) is 6.38. The maximum Gasteiger partial charge on any atom is 0.303 e. The van der Waals surface area contributed by atoms with Crippen molar-refractivity contribution in [1.82, 2.24) is 0 Å². The van der Waals surface area contributed by atoms with Crippen LogP contribution in [0, 0.1) is 28.6 Å². The molecule has 0 aliphatic heterocycles. The summed E-state index contributed by atoms with van der Waals surface area (Å²) in [7, 11) is 0. The van der Waals surface area contributed by atoms with Crippen LogP contribution in [0.3, 0.4) is 0 Å². The van der Waals surface area contributed by atoms with Gasteiger partial charge in [-0.1, -0.05) is 37.6 Å². The van der Waals surface area contributed by atoms with Crippen LogP contribution in [-0.4, -0.2) is 29.5 Å². The lowest BCUT2D eigenvalue weighted by Crippen LogP contribution is -2.49. The van der Waals surface area contributed by atoms with Crippen molar-refractivity contribution in [2.45, 2.75) is 71.3 Å². The number of fused-ring (bicyclic) bond motifs is 5. The highest BCUT2D eigenvalue weighted by molar-refractivity contribution is 5.66. The Kier molecular flexibility index (Phi) is 3.91. The van der Waals surface area contributed by atoms with Crippen LogP contribution in [0.5, 0.6) is 0 Å².